The Kier molecular flexibility index (Phi) is 7.35. The third kappa shape index (κ3) is 5.84. The van der Waals surface area contributed by atoms with Gasteiger partial charge in [-0.2, -0.15) is 0 Å². The van der Waals surface area contributed by atoms with Gasteiger partial charge in [0.25, 0.3) is 0 Å². The number of rotatable bonds is 8. The Morgan fingerprint density at radius 1 is 1.10 bits per heavy atom. The normalized spacial score (nSPS) is 10.1. The Morgan fingerprint density at radius 2 is 1.80 bits per heavy atom. The quantitative estimate of drug-likeness (QED) is 0.678. The minimum absolute atomic E-state index is 0.0251. The first kappa shape index (κ1) is 16.2. The standard InChI is InChI=1S/C15H21NO4/c1-3-19-12-14(17)16(11-15(18)20-4-2)10-13-8-6-5-7-9-13/h5-9H,3-4,10-12H2,1-2H3. The second kappa shape index (κ2) is 9.09. The highest BCUT2D eigenvalue weighted by molar-refractivity contribution is 5.82. The third-order valence-electron chi connectivity index (χ3n) is 2.62. The van der Waals surface area contributed by atoms with Gasteiger partial charge in [-0.25, -0.2) is 0 Å². The molecular formula is C15H21NO4. The van der Waals surface area contributed by atoms with E-state index in [4.69, 9.17) is 9.47 Å². The van der Waals surface area contributed by atoms with Gasteiger partial charge in [-0.15, -0.1) is 0 Å². The molecular weight excluding hydrogens is 258 g/mol. The van der Waals surface area contributed by atoms with Crippen molar-refractivity contribution in [2.24, 2.45) is 0 Å². The zero-order chi connectivity index (χ0) is 14.8. The van der Waals surface area contributed by atoms with Crippen LogP contribution in [-0.2, 0) is 25.6 Å². The average Bonchev–Trinajstić information content (AvgIpc) is 2.45. The van der Waals surface area contributed by atoms with Crippen LogP contribution in [-0.4, -0.2) is 43.1 Å². The topological polar surface area (TPSA) is 55.8 Å². The fraction of sp³-hybridized carbons (Fsp3) is 0.467. The molecule has 1 aromatic rings. The molecule has 0 fully saturated rings. The van der Waals surface area contributed by atoms with Crippen molar-refractivity contribution in [3.8, 4) is 0 Å². The molecule has 5 heteroatoms. The molecule has 0 aliphatic heterocycles. The van der Waals surface area contributed by atoms with Gasteiger partial charge in [0.2, 0.25) is 5.91 Å². The number of esters is 1. The van der Waals surface area contributed by atoms with Crippen molar-refractivity contribution in [3.05, 3.63) is 35.9 Å². The van der Waals surface area contributed by atoms with Crippen LogP contribution in [0.15, 0.2) is 30.3 Å². The highest BCUT2D eigenvalue weighted by Gasteiger charge is 2.18. The summed E-state index contributed by atoms with van der Waals surface area (Å²) in [4.78, 5) is 25.1. The second-order valence-electron chi connectivity index (χ2n) is 4.18. The molecule has 0 aliphatic rings. The van der Waals surface area contributed by atoms with Crippen LogP contribution in [0.5, 0.6) is 0 Å². The summed E-state index contributed by atoms with van der Waals surface area (Å²) in [5.41, 5.74) is 0.960. The summed E-state index contributed by atoms with van der Waals surface area (Å²) in [6.45, 7) is 4.60. The van der Waals surface area contributed by atoms with Crippen molar-refractivity contribution in [2.75, 3.05) is 26.4 Å². The van der Waals surface area contributed by atoms with E-state index >= 15 is 0 Å². The van der Waals surface area contributed by atoms with Gasteiger partial charge >= 0.3 is 5.97 Å². The van der Waals surface area contributed by atoms with Crippen LogP contribution in [0.2, 0.25) is 0 Å². The number of nitrogens with zero attached hydrogens (tertiary/aromatic N) is 1. The van der Waals surface area contributed by atoms with Crippen molar-refractivity contribution in [3.63, 3.8) is 0 Å². The summed E-state index contributed by atoms with van der Waals surface area (Å²) in [6, 6.07) is 9.51. The summed E-state index contributed by atoms with van der Waals surface area (Å²) in [5.74, 6) is -0.628. The highest BCUT2D eigenvalue weighted by atomic mass is 16.5. The molecule has 0 aromatic heterocycles. The van der Waals surface area contributed by atoms with Crippen molar-refractivity contribution in [1.29, 1.82) is 0 Å². The van der Waals surface area contributed by atoms with Gasteiger partial charge in [-0.05, 0) is 19.4 Å². The first-order valence-corrected chi connectivity index (χ1v) is 6.72. The Hall–Kier alpha value is -1.88. The molecule has 0 aliphatic carbocycles. The predicted molar refractivity (Wildman–Crippen MR) is 75.0 cm³/mol. The predicted octanol–water partition coefficient (Wildman–Crippen LogP) is 1.61. The zero-order valence-corrected chi connectivity index (χ0v) is 12.0. The van der Waals surface area contributed by atoms with Gasteiger partial charge in [0.1, 0.15) is 13.2 Å². The molecule has 5 nitrogen and oxygen atoms in total. The van der Waals surface area contributed by atoms with Crippen molar-refractivity contribution in [1.82, 2.24) is 4.90 Å². The van der Waals surface area contributed by atoms with Crippen LogP contribution in [0.4, 0.5) is 0 Å². The molecule has 0 unspecified atom stereocenters. The molecule has 0 N–H and O–H groups in total. The lowest BCUT2D eigenvalue weighted by atomic mass is 10.2. The average molecular weight is 279 g/mol. The second-order valence-corrected chi connectivity index (χ2v) is 4.18. The summed E-state index contributed by atoms with van der Waals surface area (Å²) in [6.07, 6.45) is 0. The minimum Gasteiger partial charge on any atom is -0.465 e. The van der Waals surface area contributed by atoms with Crippen LogP contribution in [0.3, 0.4) is 0 Å². The van der Waals surface area contributed by atoms with E-state index in [0.29, 0.717) is 19.8 Å². The lowest BCUT2D eigenvalue weighted by Crippen LogP contribution is -2.38. The Balaban J connectivity index is 2.67. The van der Waals surface area contributed by atoms with E-state index in [2.05, 4.69) is 0 Å². The number of carbonyl (C=O) groups is 2. The molecule has 110 valence electrons. The monoisotopic (exact) mass is 279 g/mol. The third-order valence-corrected chi connectivity index (χ3v) is 2.62. The number of amides is 1. The first-order valence-electron chi connectivity index (χ1n) is 6.72. The van der Waals surface area contributed by atoms with Gasteiger partial charge < -0.3 is 14.4 Å². The molecule has 1 amide bonds. The Bertz CT molecular complexity index is 419. The maximum absolute atomic E-state index is 12.0. The Morgan fingerprint density at radius 3 is 2.40 bits per heavy atom. The maximum atomic E-state index is 12.0. The maximum Gasteiger partial charge on any atom is 0.325 e. The molecule has 0 heterocycles. The summed E-state index contributed by atoms with van der Waals surface area (Å²) < 4.78 is 10.0. The van der Waals surface area contributed by atoms with Crippen molar-refractivity contribution < 1.29 is 19.1 Å². The van der Waals surface area contributed by atoms with Gasteiger partial charge in [-0.3, -0.25) is 9.59 Å². The smallest absolute Gasteiger partial charge is 0.325 e. The number of hydrogen-bond acceptors (Lipinski definition) is 4. The summed E-state index contributed by atoms with van der Waals surface area (Å²) in [5, 5.41) is 0. The zero-order valence-electron chi connectivity index (χ0n) is 12.0. The van der Waals surface area contributed by atoms with E-state index in [9.17, 15) is 9.59 Å². The molecule has 0 bridgehead atoms. The van der Waals surface area contributed by atoms with Crippen LogP contribution in [0, 0.1) is 0 Å². The molecule has 20 heavy (non-hydrogen) atoms. The minimum atomic E-state index is -0.409. The lowest BCUT2D eigenvalue weighted by Gasteiger charge is -2.21. The van der Waals surface area contributed by atoms with Crippen LogP contribution in [0.25, 0.3) is 0 Å². The van der Waals surface area contributed by atoms with Gasteiger partial charge in [0, 0.05) is 13.2 Å². The summed E-state index contributed by atoms with van der Waals surface area (Å²) in [7, 11) is 0. The fourth-order valence-corrected chi connectivity index (χ4v) is 1.68. The molecule has 1 rings (SSSR count). The van der Waals surface area contributed by atoms with Gasteiger partial charge in [0.15, 0.2) is 0 Å². The number of carbonyl (C=O) groups excluding carboxylic acids is 2. The van der Waals surface area contributed by atoms with E-state index in [1.165, 1.54) is 4.90 Å². The number of benzene rings is 1. The molecule has 1 aromatic carbocycles. The molecule has 0 atom stereocenters. The lowest BCUT2D eigenvalue weighted by molar-refractivity contribution is -0.150. The van der Waals surface area contributed by atoms with Crippen LogP contribution < -0.4 is 0 Å². The molecule has 0 radical (unpaired) electrons. The van der Waals surface area contributed by atoms with Crippen molar-refractivity contribution >= 4 is 11.9 Å². The van der Waals surface area contributed by atoms with Gasteiger partial charge in [-0.1, -0.05) is 30.3 Å². The van der Waals surface area contributed by atoms with Crippen molar-refractivity contribution in [2.45, 2.75) is 20.4 Å². The van der Waals surface area contributed by atoms with E-state index in [1.807, 2.05) is 37.3 Å². The molecule has 0 spiro atoms. The SMILES string of the molecule is CCOCC(=O)N(CC(=O)OCC)Cc1ccccc1. The van der Waals surface area contributed by atoms with Crippen LogP contribution in [0.1, 0.15) is 19.4 Å². The van der Waals surface area contributed by atoms with E-state index in [1.54, 1.807) is 6.92 Å². The van der Waals surface area contributed by atoms with E-state index < -0.39 is 5.97 Å². The summed E-state index contributed by atoms with van der Waals surface area (Å²) >= 11 is 0. The first-order chi connectivity index (χ1) is 9.67. The largest absolute Gasteiger partial charge is 0.465 e. The number of hydrogen-bond donors (Lipinski definition) is 0. The highest BCUT2D eigenvalue weighted by Crippen LogP contribution is 2.05. The molecule has 0 saturated heterocycles. The molecule has 0 saturated carbocycles. The number of ether oxygens (including phenoxy) is 2. The van der Waals surface area contributed by atoms with Crippen LogP contribution >= 0.6 is 0 Å². The van der Waals surface area contributed by atoms with Gasteiger partial charge in [0.05, 0.1) is 6.61 Å². The fourth-order valence-electron chi connectivity index (χ4n) is 1.68. The Labute approximate surface area is 119 Å². The van der Waals surface area contributed by atoms with E-state index in [0.717, 1.165) is 5.56 Å². The van der Waals surface area contributed by atoms with E-state index in [-0.39, 0.29) is 19.1 Å².